The lowest BCUT2D eigenvalue weighted by atomic mass is 10.1. The zero-order chi connectivity index (χ0) is 14.4. The number of sulfonamides is 1. The molecule has 1 aliphatic heterocycles. The maximum absolute atomic E-state index is 11.9. The molecule has 1 saturated heterocycles. The van der Waals surface area contributed by atoms with Crippen molar-refractivity contribution in [2.75, 3.05) is 31.3 Å². The number of hydrogen-bond acceptors (Lipinski definition) is 5. The highest BCUT2D eigenvalue weighted by atomic mass is 32.2. The van der Waals surface area contributed by atoms with Crippen molar-refractivity contribution in [3.63, 3.8) is 0 Å². The van der Waals surface area contributed by atoms with Crippen LogP contribution in [0.3, 0.4) is 0 Å². The van der Waals surface area contributed by atoms with Gasteiger partial charge in [-0.3, -0.25) is 0 Å². The lowest BCUT2D eigenvalue weighted by molar-refractivity contribution is 0.0832. The quantitative estimate of drug-likeness (QED) is 0.756. The van der Waals surface area contributed by atoms with E-state index >= 15 is 0 Å². The largest absolute Gasteiger partial charge is 0.492 e. The molecule has 0 spiro atoms. The summed E-state index contributed by atoms with van der Waals surface area (Å²) in [4.78, 5) is 0. The predicted octanol–water partition coefficient (Wildman–Crippen LogP) is 0.746. The van der Waals surface area contributed by atoms with Crippen LogP contribution in [0.5, 0.6) is 5.75 Å². The molecule has 0 bridgehead atoms. The van der Waals surface area contributed by atoms with Gasteiger partial charge < -0.3 is 15.2 Å². The Kier molecular flexibility index (Phi) is 5.22. The third kappa shape index (κ3) is 4.99. The molecule has 1 aliphatic rings. The molecule has 0 atom stereocenters. The normalized spacial score (nSPS) is 17.0. The number of rotatable bonds is 6. The number of ether oxygens (including phenoxy) is 2. The first-order valence-corrected chi connectivity index (χ1v) is 8.26. The standard InChI is InChI=1S/C13H20N2O4S/c14-11-1-3-13(4-2-11)19-9-10-20(16,17)15-12-5-7-18-8-6-12/h1-4,12,15H,5-10,14H2. The van der Waals surface area contributed by atoms with Gasteiger partial charge in [-0.2, -0.15) is 0 Å². The predicted molar refractivity (Wildman–Crippen MR) is 77.1 cm³/mol. The summed E-state index contributed by atoms with van der Waals surface area (Å²) in [5.41, 5.74) is 6.20. The fraction of sp³-hybridized carbons (Fsp3) is 0.538. The maximum atomic E-state index is 11.9. The van der Waals surface area contributed by atoms with Crippen LogP contribution in [-0.2, 0) is 14.8 Å². The number of nitrogens with one attached hydrogen (secondary N) is 1. The van der Waals surface area contributed by atoms with Gasteiger partial charge in [0.05, 0.1) is 5.75 Å². The Morgan fingerprint density at radius 2 is 1.90 bits per heavy atom. The SMILES string of the molecule is Nc1ccc(OCCS(=O)(=O)NC2CCOCC2)cc1. The second-order valence-electron chi connectivity index (χ2n) is 4.74. The van der Waals surface area contributed by atoms with Gasteiger partial charge in [0.1, 0.15) is 12.4 Å². The summed E-state index contributed by atoms with van der Waals surface area (Å²) in [6.45, 7) is 1.33. The highest BCUT2D eigenvalue weighted by Crippen LogP contribution is 2.13. The van der Waals surface area contributed by atoms with Gasteiger partial charge >= 0.3 is 0 Å². The molecule has 112 valence electrons. The van der Waals surface area contributed by atoms with E-state index in [1.54, 1.807) is 24.3 Å². The molecule has 0 radical (unpaired) electrons. The van der Waals surface area contributed by atoms with Crippen molar-refractivity contribution >= 4 is 15.7 Å². The molecule has 0 amide bonds. The number of hydrogen-bond donors (Lipinski definition) is 2. The third-order valence-electron chi connectivity index (χ3n) is 3.07. The van der Waals surface area contributed by atoms with E-state index in [1.807, 2.05) is 0 Å². The maximum Gasteiger partial charge on any atom is 0.215 e. The van der Waals surface area contributed by atoms with E-state index in [1.165, 1.54) is 0 Å². The van der Waals surface area contributed by atoms with Gasteiger partial charge in [-0.1, -0.05) is 0 Å². The van der Waals surface area contributed by atoms with Crippen molar-refractivity contribution < 1.29 is 17.9 Å². The van der Waals surface area contributed by atoms with Gasteiger partial charge in [0.25, 0.3) is 0 Å². The molecule has 1 fully saturated rings. The molecule has 0 aromatic heterocycles. The lowest BCUT2D eigenvalue weighted by Crippen LogP contribution is -2.40. The molecule has 0 unspecified atom stereocenters. The van der Waals surface area contributed by atoms with Crippen LogP contribution < -0.4 is 15.2 Å². The molecule has 3 N–H and O–H groups in total. The van der Waals surface area contributed by atoms with Crippen LogP contribution in [0.4, 0.5) is 5.69 Å². The van der Waals surface area contributed by atoms with Crippen molar-refractivity contribution in [3.8, 4) is 5.75 Å². The Morgan fingerprint density at radius 1 is 1.25 bits per heavy atom. The van der Waals surface area contributed by atoms with Gasteiger partial charge in [0, 0.05) is 24.9 Å². The first-order valence-electron chi connectivity index (χ1n) is 6.61. The molecule has 7 heteroatoms. The van der Waals surface area contributed by atoms with E-state index in [9.17, 15) is 8.42 Å². The van der Waals surface area contributed by atoms with E-state index < -0.39 is 10.0 Å². The summed E-state index contributed by atoms with van der Waals surface area (Å²) in [6.07, 6.45) is 1.44. The minimum absolute atomic E-state index is 0.0229. The molecule has 1 heterocycles. The number of anilines is 1. The van der Waals surface area contributed by atoms with Crippen molar-refractivity contribution in [3.05, 3.63) is 24.3 Å². The van der Waals surface area contributed by atoms with Gasteiger partial charge in [0.15, 0.2) is 0 Å². The van der Waals surface area contributed by atoms with Crippen LogP contribution in [0, 0.1) is 0 Å². The summed E-state index contributed by atoms with van der Waals surface area (Å²) in [7, 11) is -3.31. The van der Waals surface area contributed by atoms with Crippen molar-refractivity contribution in [1.29, 1.82) is 0 Å². The van der Waals surface area contributed by atoms with Crippen LogP contribution in [0.15, 0.2) is 24.3 Å². The van der Waals surface area contributed by atoms with Crippen LogP contribution >= 0.6 is 0 Å². The summed E-state index contributed by atoms with van der Waals surface area (Å²) < 4.78 is 37.0. The topological polar surface area (TPSA) is 90.7 Å². The first-order chi connectivity index (χ1) is 9.55. The van der Waals surface area contributed by atoms with E-state index in [-0.39, 0.29) is 18.4 Å². The van der Waals surface area contributed by atoms with E-state index in [0.717, 1.165) is 12.8 Å². The molecule has 6 nitrogen and oxygen atoms in total. The van der Waals surface area contributed by atoms with E-state index in [2.05, 4.69) is 4.72 Å². The molecular weight excluding hydrogens is 280 g/mol. The van der Waals surface area contributed by atoms with Gasteiger partial charge in [-0.15, -0.1) is 0 Å². The van der Waals surface area contributed by atoms with Crippen LogP contribution in [0.1, 0.15) is 12.8 Å². The van der Waals surface area contributed by atoms with Crippen molar-refractivity contribution in [1.82, 2.24) is 4.72 Å². The molecule has 1 aromatic carbocycles. The van der Waals surface area contributed by atoms with E-state index in [4.69, 9.17) is 15.2 Å². The lowest BCUT2D eigenvalue weighted by Gasteiger charge is -2.22. The Morgan fingerprint density at radius 3 is 2.55 bits per heavy atom. The minimum atomic E-state index is -3.31. The average Bonchev–Trinajstić information content (AvgIpc) is 2.41. The Labute approximate surface area is 119 Å². The highest BCUT2D eigenvalue weighted by molar-refractivity contribution is 7.89. The van der Waals surface area contributed by atoms with Crippen molar-refractivity contribution in [2.24, 2.45) is 0 Å². The average molecular weight is 300 g/mol. The summed E-state index contributed by atoms with van der Waals surface area (Å²) in [5, 5.41) is 0. The van der Waals surface area contributed by atoms with Gasteiger partial charge in [-0.25, -0.2) is 13.1 Å². The molecular formula is C13H20N2O4S. The van der Waals surface area contributed by atoms with Gasteiger partial charge in [-0.05, 0) is 37.1 Å². The van der Waals surface area contributed by atoms with Gasteiger partial charge in [0.2, 0.25) is 10.0 Å². The molecule has 1 aromatic rings. The Hall–Kier alpha value is -1.31. The first kappa shape index (κ1) is 15.1. The Bertz CT molecular complexity index is 510. The highest BCUT2D eigenvalue weighted by Gasteiger charge is 2.20. The minimum Gasteiger partial charge on any atom is -0.492 e. The second kappa shape index (κ2) is 6.92. The second-order valence-corrected chi connectivity index (χ2v) is 6.61. The molecule has 0 aliphatic carbocycles. The van der Waals surface area contributed by atoms with Crippen LogP contribution in [0.2, 0.25) is 0 Å². The monoisotopic (exact) mass is 300 g/mol. The third-order valence-corrected chi connectivity index (χ3v) is 4.46. The molecule has 0 saturated carbocycles. The zero-order valence-corrected chi connectivity index (χ0v) is 12.1. The zero-order valence-electron chi connectivity index (χ0n) is 11.2. The summed E-state index contributed by atoms with van der Waals surface area (Å²) in [5.74, 6) is 0.551. The molecule has 20 heavy (non-hydrogen) atoms. The number of nitrogens with two attached hydrogens (primary N) is 1. The number of nitrogen functional groups attached to an aromatic ring is 1. The smallest absolute Gasteiger partial charge is 0.215 e. The summed E-state index contributed by atoms with van der Waals surface area (Å²) in [6, 6.07) is 6.83. The number of benzene rings is 1. The Balaban J connectivity index is 1.75. The van der Waals surface area contributed by atoms with E-state index in [0.29, 0.717) is 24.7 Å². The van der Waals surface area contributed by atoms with Crippen LogP contribution in [-0.4, -0.2) is 40.0 Å². The molecule has 2 rings (SSSR count). The van der Waals surface area contributed by atoms with Crippen molar-refractivity contribution in [2.45, 2.75) is 18.9 Å². The fourth-order valence-electron chi connectivity index (χ4n) is 1.96. The fourth-order valence-corrected chi connectivity index (χ4v) is 3.13. The van der Waals surface area contributed by atoms with Crippen LogP contribution in [0.25, 0.3) is 0 Å². The summed E-state index contributed by atoms with van der Waals surface area (Å²) >= 11 is 0.